The number of fused-ring (bicyclic) bond motifs is 1. The monoisotopic (exact) mass is 336 g/mol. The van der Waals surface area contributed by atoms with Crippen LogP contribution in [0, 0.1) is 5.92 Å². The lowest BCUT2D eigenvalue weighted by Gasteiger charge is -2.17. The van der Waals surface area contributed by atoms with Crippen LogP contribution < -0.4 is 0 Å². The average Bonchev–Trinajstić information content (AvgIpc) is 3.01. The minimum absolute atomic E-state index is 0.283. The van der Waals surface area contributed by atoms with Crippen molar-refractivity contribution >= 4 is 16.8 Å². The highest BCUT2D eigenvalue weighted by Crippen LogP contribution is 2.27. The van der Waals surface area contributed by atoms with Crippen molar-refractivity contribution < 1.29 is 18.0 Å². The van der Waals surface area contributed by atoms with Crippen LogP contribution >= 0.6 is 0 Å². The minimum Gasteiger partial charge on any atom is -0.342 e. The molecule has 0 radical (unpaired) electrons. The lowest BCUT2D eigenvalue weighted by molar-refractivity contribution is -0.148. The summed E-state index contributed by atoms with van der Waals surface area (Å²) in [5.41, 5.74) is 2.11. The largest absolute Gasteiger partial charge is 0.389 e. The molecule has 6 heteroatoms. The molecule has 2 heterocycles. The summed E-state index contributed by atoms with van der Waals surface area (Å²) in [7, 11) is 0. The van der Waals surface area contributed by atoms with E-state index in [2.05, 4.69) is 4.98 Å². The molecule has 1 aromatic carbocycles. The molecule has 1 aliphatic heterocycles. The molecule has 2 aromatic rings. The molecule has 3 rings (SSSR count). The van der Waals surface area contributed by atoms with Crippen LogP contribution in [0.4, 0.5) is 13.2 Å². The number of benzene rings is 1. The quantitative estimate of drug-likeness (QED) is 0.846. The van der Waals surface area contributed by atoms with Crippen molar-refractivity contribution in [1.82, 2.24) is 9.88 Å². The molecule has 128 valence electrons. The van der Waals surface area contributed by atoms with Gasteiger partial charge in [0.1, 0.15) is 0 Å². The predicted molar refractivity (Wildman–Crippen MR) is 85.4 cm³/mol. The summed E-state index contributed by atoms with van der Waals surface area (Å²) in [6, 6.07) is 9.88. The van der Waals surface area contributed by atoms with Gasteiger partial charge in [-0.25, -0.2) is 0 Å². The fourth-order valence-corrected chi connectivity index (χ4v) is 3.28. The van der Waals surface area contributed by atoms with Gasteiger partial charge < -0.3 is 4.90 Å². The van der Waals surface area contributed by atoms with Gasteiger partial charge in [-0.05, 0) is 36.5 Å². The predicted octanol–water partition coefficient (Wildman–Crippen LogP) is 3.97. The molecule has 3 nitrogen and oxygen atoms in total. The highest BCUT2D eigenvalue weighted by molar-refractivity contribution is 5.82. The molecule has 0 N–H and O–H groups in total. The first-order valence-electron chi connectivity index (χ1n) is 8.09. The second-order valence-corrected chi connectivity index (χ2v) is 6.30. The summed E-state index contributed by atoms with van der Waals surface area (Å²) < 4.78 is 36.7. The highest BCUT2D eigenvalue weighted by Gasteiger charge is 2.31. The van der Waals surface area contributed by atoms with E-state index in [1.807, 2.05) is 30.3 Å². The van der Waals surface area contributed by atoms with E-state index in [1.54, 1.807) is 11.1 Å². The number of para-hydroxylation sites is 1. The van der Waals surface area contributed by atoms with E-state index in [0.717, 1.165) is 23.7 Å². The molecular weight excluding hydrogens is 317 g/mol. The number of amides is 1. The zero-order chi connectivity index (χ0) is 17.2. The Labute approximate surface area is 138 Å². The average molecular weight is 336 g/mol. The van der Waals surface area contributed by atoms with Gasteiger partial charge in [0.25, 0.3) is 0 Å². The SMILES string of the molecule is O=C(CCC(F)(F)F)N1CCC(Cc2ccnc3ccccc23)C1. The maximum Gasteiger partial charge on any atom is 0.389 e. The number of carbonyl (C=O) groups is 1. The number of nitrogens with zero attached hydrogens (tertiary/aromatic N) is 2. The maximum atomic E-state index is 12.2. The normalized spacial score (nSPS) is 18.3. The number of hydrogen-bond donors (Lipinski definition) is 0. The van der Waals surface area contributed by atoms with Gasteiger partial charge >= 0.3 is 6.18 Å². The number of carbonyl (C=O) groups excluding carboxylic acids is 1. The molecule has 1 saturated heterocycles. The molecule has 0 bridgehead atoms. The Hall–Kier alpha value is -2.11. The van der Waals surface area contributed by atoms with Crippen molar-refractivity contribution in [2.24, 2.45) is 5.92 Å². The number of halogens is 3. The topological polar surface area (TPSA) is 33.2 Å². The lowest BCUT2D eigenvalue weighted by atomic mass is 9.96. The highest BCUT2D eigenvalue weighted by atomic mass is 19.4. The van der Waals surface area contributed by atoms with Crippen LogP contribution in [0.1, 0.15) is 24.8 Å². The molecule has 1 atom stereocenters. The smallest absolute Gasteiger partial charge is 0.342 e. The molecule has 0 spiro atoms. The van der Waals surface area contributed by atoms with Gasteiger partial charge in [-0.15, -0.1) is 0 Å². The van der Waals surface area contributed by atoms with E-state index in [9.17, 15) is 18.0 Å². The Balaban J connectivity index is 1.61. The molecule has 1 fully saturated rings. The Bertz CT molecular complexity index is 724. The third-order valence-electron chi connectivity index (χ3n) is 4.51. The first-order valence-corrected chi connectivity index (χ1v) is 8.09. The van der Waals surface area contributed by atoms with Crippen LogP contribution in [0.2, 0.25) is 0 Å². The lowest BCUT2D eigenvalue weighted by Crippen LogP contribution is -2.29. The summed E-state index contributed by atoms with van der Waals surface area (Å²) in [5, 5.41) is 1.10. The van der Waals surface area contributed by atoms with E-state index < -0.39 is 24.9 Å². The van der Waals surface area contributed by atoms with E-state index >= 15 is 0 Å². The van der Waals surface area contributed by atoms with Gasteiger partial charge in [0.05, 0.1) is 11.9 Å². The first-order chi connectivity index (χ1) is 11.4. The summed E-state index contributed by atoms with van der Waals surface area (Å²) in [6.45, 7) is 1.08. The Kier molecular flexibility index (Phi) is 4.73. The minimum atomic E-state index is -4.27. The fraction of sp³-hybridized carbons (Fsp3) is 0.444. The van der Waals surface area contributed by atoms with Gasteiger partial charge in [0.15, 0.2) is 0 Å². The van der Waals surface area contributed by atoms with Crippen LogP contribution in [-0.4, -0.2) is 35.1 Å². The van der Waals surface area contributed by atoms with Crippen molar-refractivity contribution in [2.45, 2.75) is 31.9 Å². The van der Waals surface area contributed by atoms with Crippen LogP contribution in [0.3, 0.4) is 0 Å². The van der Waals surface area contributed by atoms with Crippen LogP contribution in [0.15, 0.2) is 36.5 Å². The fourth-order valence-electron chi connectivity index (χ4n) is 3.28. The van der Waals surface area contributed by atoms with Crippen molar-refractivity contribution in [1.29, 1.82) is 0 Å². The molecule has 24 heavy (non-hydrogen) atoms. The van der Waals surface area contributed by atoms with E-state index in [-0.39, 0.29) is 5.92 Å². The standard InChI is InChI=1S/C18H19F3N2O/c19-18(20,21)8-5-17(24)23-10-7-13(12-23)11-14-6-9-22-16-4-2-1-3-15(14)16/h1-4,6,9,13H,5,7-8,10-12H2. The third kappa shape index (κ3) is 4.04. The molecule has 1 amide bonds. The number of likely N-dealkylation sites (tertiary alicyclic amines) is 1. The number of rotatable bonds is 4. The number of hydrogen-bond acceptors (Lipinski definition) is 2. The van der Waals surface area contributed by atoms with Gasteiger partial charge in [0.2, 0.25) is 5.91 Å². The van der Waals surface area contributed by atoms with Gasteiger partial charge in [0, 0.05) is 31.1 Å². The van der Waals surface area contributed by atoms with Crippen LogP contribution in [0.5, 0.6) is 0 Å². The second-order valence-electron chi connectivity index (χ2n) is 6.30. The van der Waals surface area contributed by atoms with Crippen molar-refractivity contribution in [3.8, 4) is 0 Å². The van der Waals surface area contributed by atoms with Gasteiger partial charge in [-0.3, -0.25) is 9.78 Å². The zero-order valence-corrected chi connectivity index (χ0v) is 13.2. The van der Waals surface area contributed by atoms with E-state index in [1.165, 1.54) is 5.56 Å². The van der Waals surface area contributed by atoms with Crippen molar-refractivity contribution in [3.63, 3.8) is 0 Å². The summed E-state index contributed by atoms with van der Waals surface area (Å²) in [6.07, 6.45) is -2.35. The summed E-state index contributed by atoms with van der Waals surface area (Å²) in [5.74, 6) is -0.111. The summed E-state index contributed by atoms with van der Waals surface area (Å²) in [4.78, 5) is 17.8. The van der Waals surface area contributed by atoms with Crippen molar-refractivity contribution in [3.05, 3.63) is 42.1 Å². The third-order valence-corrected chi connectivity index (χ3v) is 4.51. The maximum absolute atomic E-state index is 12.2. The molecular formula is C18H19F3N2O. The Morgan fingerprint density at radius 2 is 2.04 bits per heavy atom. The zero-order valence-electron chi connectivity index (χ0n) is 13.2. The molecule has 1 aliphatic rings. The van der Waals surface area contributed by atoms with Gasteiger partial charge in [-0.1, -0.05) is 18.2 Å². The number of alkyl halides is 3. The van der Waals surface area contributed by atoms with Crippen LogP contribution in [0.25, 0.3) is 10.9 Å². The van der Waals surface area contributed by atoms with Crippen LogP contribution in [-0.2, 0) is 11.2 Å². The first kappa shape index (κ1) is 16.7. The molecule has 0 saturated carbocycles. The second kappa shape index (κ2) is 6.79. The Morgan fingerprint density at radius 1 is 1.25 bits per heavy atom. The van der Waals surface area contributed by atoms with Crippen molar-refractivity contribution in [2.75, 3.05) is 13.1 Å². The molecule has 1 aromatic heterocycles. The Morgan fingerprint density at radius 3 is 2.83 bits per heavy atom. The summed E-state index contributed by atoms with van der Waals surface area (Å²) >= 11 is 0. The van der Waals surface area contributed by atoms with E-state index in [0.29, 0.717) is 13.1 Å². The van der Waals surface area contributed by atoms with Gasteiger partial charge in [-0.2, -0.15) is 13.2 Å². The molecule has 1 unspecified atom stereocenters. The number of pyridine rings is 1. The van der Waals surface area contributed by atoms with E-state index in [4.69, 9.17) is 0 Å². The number of aromatic nitrogens is 1. The molecule has 0 aliphatic carbocycles.